The SMILES string of the molecule is CCCOc1ccc(C2CC(O)CN2)cc1. The molecule has 1 saturated heterocycles. The fourth-order valence-electron chi connectivity index (χ4n) is 1.99. The third-order valence-electron chi connectivity index (χ3n) is 2.86. The van der Waals surface area contributed by atoms with Crippen molar-refractivity contribution in [1.82, 2.24) is 5.32 Å². The van der Waals surface area contributed by atoms with Crippen LogP contribution in [0.4, 0.5) is 0 Å². The van der Waals surface area contributed by atoms with Crippen molar-refractivity contribution in [3.8, 4) is 5.75 Å². The second-order valence-electron chi connectivity index (χ2n) is 4.27. The molecule has 1 aliphatic rings. The maximum Gasteiger partial charge on any atom is 0.119 e. The van der Waals surface area contributed by atoms with E-state index in [1.165, 1.54) is 5.56 Å². The Kier molecular flexibility index (Phi) is 3.80. The van der Waals surface area contributed by atoms with Gasteiger partial charge >= 0.3 is 0 Å². The van der Waals surface area contributed by atoms with E-state index >= 15 is 0 Å². The first kappa shape index (κ1) is 11.4. The highest BCUT2D eigenvalue weighted by atomic mass is 16.5. The Bertz CT molecular complexity index is 323. The fraction of sp³-hybridized carbons (Fsp3) is 0.538. The quantitative estimate of drug-likeness (QED) is 0.815. The number of aliphatic hydroxyl groups excluding tert-OH is 1. The molecule has 88 valence electrons. The minimum Gasteiger partial charge on any atom is -0.494 e. The van der Waals surface area contributed by atoms with Crippen molar-refractivity contribution in [2.45, 2.75) is 31.9 Å². The number of hydrogen-bond donors (Lipinski definition) is 2. The molecule has 1 aromatic carbocycles. The number of β-amino-alcohol motifs (C(OH)–C–C–N with tert-alkyl or cyclic N) is 1. The first-order valence-corrected chi connectivity index (χ1v) is 5.94. The molecule has 0 aliphatic carbocycles. The van der Waals surface area contributed by atoms with Crippen LogP contribution in [-0.2, 0) is 0 Å². The zero-order valence-electron chi connectivity index (χ0n) is 9.65. The van der Waals surface area contributed by atoms with Gasteiger partial charge in [-0.15, -0.1) is 0 Å². The number of aliphatic hydroxyl groups is 1. The van der Waals surface area contributed by atoms with Crippen LogP contribution in [0.25, 0.3) is 0 Å². The Morgan fingerprint density at radius 3 is 2.69 bits per heavy atom. The average molecular weight is 221 g/mol. The third kappa shape index (κ3) is 2.74. The molecule has 1 fully saturated rings. The summed E-state index contributed by atoms with van der Waals surface area (Å²) in [6.45, 7) is 3.55. The summed E-state index contributed by atoms with van der Waals surface area (Å²) in [5, 5.41) is 12.7. The molecule has 3 heteroatoms. The van der Waals surface area contributed by atoms with Gasteiger partial charge in [0.05, 0.1) is 12.7 Å². The number of benzene rings is 1. The van der Waals surface area contributed by atoms with E-state index < -0.39 is 0 Å². The van der Waals surface area contributed by atoms with E-state index in [1.807, 2.05) is 12.1 Å². The van der Waals surface area contributed by atoms with E-state index in [9.17, 15) is 5.11 Å². The lowest BCUT2D eigenvalue weighted by Gasteiger charge is -2.11. The van der Waals surface area contributed by atoms with Crippen LogP contribution in [0.3, 0.4) is 0 Å². The summed E-state index contributed by atoms with van der Waals surface area (Å²) < 4.78 is 5.52. The van der Waals surface area contributed by atoms with Crippen molar-refractivity contribution in [1.29, 1.82) is 0 Å². The zero-order chi connectivity index (χ0) is 11.4. The molecule has 2 N–H and O–H groups in total. The van der Waals surface area contributed by atoms with Gasteiger partial charge in [-0.2, -0.15) is 0 Å². The van der Waals surface area contributed by atoms with Gasteiger partial charge in [-0.1, -0.05) is 19.1 Å². The van der Waals surface area contributed by atoms with Gasteiger partial charge in [0.2, 0.25) is 0 Å². The van der Waals surface area contributed by atoms with Crippen molar-refractivity contribution in [3.63, 3.8) is 0 Å². The summed E-state index contributed by atoms with van der Waals surface area (Å²) in [5.74, 6) is 0.921. The van der Waals surface area contributed by atoms with Crippen LogP contribution in [0.2, 0.25) is 0 Å². The molecule has 0 amide bonds. The molecule has 16 heavy (non-hydrogen) atoms. The summed E-state index contributed by atoms with van der Waals surface area (Å²) in [5.41, 5.74) is 1.22. The van der Waals surface area contributed by atoms with E-state index in [2.05, 4.69) is 24.4 Å². The smallest absolute Gasteiger partial charge is 0.119 e. The lowest BCUT2D eigenvalue weighted by molar-refractivity contribution is 0.193. The summed E-state index contributed by atoms with van der Waals surface area (Å²) in [4.78, 5) is 0. The highest BCUT2D eigenvalue weighted by Crippen LogP contribution is 2.25. The van der Waals surface area contributed by atoms with Crippen LogP contribution in [0.15, 0.2) is 24.3 Å². The Morgan fingerprint density at radius 1 is 1.38 bits per heavy atom. The Labute approximate surface area is 96.4 Å². The second kappa shape index (κ2) is 5.32. The Morgan fingerprint density at radius 2 is 2.12 bits per heavy atom. The molecule has 2 rings (SSSR count). The van der Waals surface area contributed by atoms with Crippen LogP contribution in [0, 0.1) is 0 Å². The predicted molar refractivity (Wildman–Crippen MR) is 63.6 cm³/mol. The number of ether oxygens (including phenoxy) is 1. The van der Waals surface area contributed by atoms with E-state index in [1.54, 1.807) is 0 Å². The average Bonchev–Trinajstić information content (AvgIpc) is 2.74. The first-order chi connectivity index (χ1) is 7.79. The molecule has 0 saturated carbocycles. The van der Waals surface area contributed by atoms with Crippen LogP contribution in [0.5, 0.6) is 5.75 Å². The first-order valence-electron chi connectivity index (χ1n) is 5.94. The van der Waals surface area contributed by atoms with Crippen molar-refractivity contribution in [2.75, 3.05) is 13.2 Å². The fourth-order valence-corrected chi connectivity index (χ4v) is 1.99. The summed E-state index contributed by atoms with van der Waals surface area (Å²) in [7, 11) is 0. The van der Waals surface area contributed by atoms with Crippen LogP contribution < -0.4 is 10.1 Å². The number of nitrogens with one attached hydrogen (secondary N) is 1. The summed E-state index contributed by atoms with van der Waals surface area (Å²) in [6.07, 6.45) is 1.62. The maximum atomic E-state index is 9.44. The van der Waals surface area contributed by atoms with Crippen molar-refractivity contribution in [2.24, 2.45) is 0 Å². The lowest BCUT2D eigenvalue weighted by Crippen LogP contribution is -2.14. The Balaban J connectivity index is 1.96. The van der Waals surface area contributed by atoms with Gasteiger partial charge in [-0.25, -0.2) is 0 Å². The molecule has 0 radical (unpaired) electrons. The number of rotatable bonds is 4. The van der Waals surface area contributed by atoms with Gasteiger partial charge in [0.1, 0.15) is 5.75 Å². The highest BCUT2D eigenvalue weighted by Gasteiger charge is 2.22. The molecular formula is C13H19NO2. The van der Waals surface area contributed by atoms with Crippen LogP contribution in [0.1, 0.15) is 31.4 Å². The topological polar surface area (TPSA) is 41.5 Å². The Hall–Kier alpha value is -1.06. The predicted octanol–water partition coefficient (Wildman–Crippen LogP) is 1.87. The molecule has 2 unspecified atom stereocenters. The van der Waals surface area contributed by atoms with E-state index in [4.69, 9.17) is 4.74 Å². The van der Waals surface area contributed by atoms with Crippen LogP contribution in [-0.4, -0.2) is 24.4 Å². The minimum atomic E-state index is -0.207. The highest BCUT2D eigenvalue weighted by molar-refractivity contribution is 5.29. The standard InChI is InChI=1S/C13H19NO2/c1-2-7-16-12-5-3-10(4-6-12)13-8-11(15)9-14-13/h3-6,11,13-15H,2,7-9H2,1H3. The molecule has 1 heterocycles. The molecule has 0 spiro atoms. The molecule has 0 bridgehead atoms. The van der Waals surface area contributed by atoms with Crippen molar-refractivity contribution in [3.05, 3.63) is 29.8 Å². The van der Waals surface area contributed by atoms with Gasteiger partial charge in [0.15, 0.2) is 0 Å². The van der Waals surface area contributed by atoms with Gasteiger partial charge in [-0.05, 0) is 30.5 Å². The zero-order valence-corrected chi connectivity index (χ0v) is 9.65. The largest absolute Gasteiger partial charge is 0.494 e. The molecule has 1 aromatic rings. The van der Waals surface area contributed by atoms with Gasteiger partial charge in [-0.3, -0.25) is 0 Å². The van der Waals surface area contributed by atoms with Crippen LogP contribution >= 0.6 is 0 Å². The molecule has 0 aromatic heterocycles. The summed E-state index contributed by atoms with van der Waals surface area (Å²) in [6, 6.07) is 8.42. The monoisotopic (exact) mass is 221 g/mol. The van der Waals surface area contributed by atoms with Gasteiger partial charge < -0.3 is 15.2 Å². The van der Waals surface area contributed by atoms with E-state index in [0.29, 0.717) is 6.54 Å². The van der Waals surface area contributed by atoms with Gasteiger partial charge in [0.25, 0.3) is 0 Å². The second-order valence-corrected chi connectivity index (χ2v) is 4.27. The molecular weight excluding hydrogens is 202 g/mol. The lowest BCUT2D eigenvalue weighted by atomic mass is 10.0. The van der Waals surface area contributed by atoms with E-state index in [-0.39, 0.29) is 12.1 Å². The molecule has 1 aliphatic heterocycles. The van der Waals surface area contributed by atoms with Gasteiger partial charge in [0, 0.05) is 12.6 Å². The molecule has 2 atom stereocenters. The van der Waals surface area contributed by atoms with E-state index in [0.717, 1.165) is 25.2 Å². The number of hydrogen-bond acceptors (Lipinski definition) is 3. The van der Waals surface area contributed by atoms with Crippen molar-refractivity contribution >= 4 is 0 Å². The normalized spacial score (nSPS) is 24.6. The third-order valence-corrected chi connectivity index (χ3v) is 2.86. The van der Waals surface area contributed by atoms with Crippen molar-refractivity contribution < 1.29 is 9.84 Å². The molecule has 3 nitrogen and oxygen atoms in total. The maximum absolute atomic E-state index is 9.44. The summed E-state index contributed by atoms with van der Waals surface area (Å²) >= 11 is 0. The minimum absolute atomic E-state index is 0.207.